The van der Waals surface area contributed by atoms with E-state index in [1.165, 1.54) is 0 Å². The van der Waals surface area contributed by atoms with Crippen molar-refractivity contribution in [1.29, 1.82) is 0 Å². The maximum Gasteiger partial charge on any atom is 0.274 e. The Bertz CT molecular complexity index is 913. The molecule has 0 aliphatic rings. The lowest BCUT2D eigenvalue weighted by atomic mass is 10.2. The number of amides is 1. The number of pyridine rings is 1. The van der Waals surface area contributed by atoms with Gasteiger partial charge in [-0.3, -0.25) is 4.79 Å². The van der Waals surface area contributed by atoms with Gasteiger partial charge in [-0.15, -0.1) is 0 Å². The van der Waals surface area contributed by atoms with E-state index in [1.54, 1.807) is 43.6 Å². The predicted octanol–water partition coefficient (Wildman–Crippen LogP) is 5.39. The highest BCUT2D eigenvalue weighted by Crippen LogP contribution is 2.26. The molecule has 2 N–H and O–H groups in total. The quantitative estimate of drug-likeness (QED) is 0.615. The van der Waals surface area contributed by atoms with Crippen LogP contribution in [0.15, 0.2) is 60.8 Å². The van der Waals surface area contributed by atoms with Gasteiger partial charge in [-0.1, -0.05) is 23.2 Å². The Morgan fingerprint density at radius 2 is 1.73 bits per heavy atom. The van der Waals surface area contributed by atoms with Crippen LogP contribution in [0.4, 0.5) is 17.1 Å². The van der Waals surface area contributed by atoms with Crippen LogP contribution in [0.3, 0.4) is 0 Å². The first-order valence-corrected chi connectivity index (χ1v) is 8.44. The monoisotopic (exact) mass is 387 g/mol. The van der Waals surface area contributed by atoms with Gasteiger partial charge < -0.3 is 15.4 Å². The van der Waals surface area contributed by atoms with Crippen molar-refractivity contribution in [2.75, 3.05) is 17.7 Å². The second-order valence-corrected chi connectivity index (χ2v) is 6.21. The molecular weight excluding hydrogens is 373 g/mol. The second kappa shape index (κ2) is 8.08. The number of ether oxygens (including phenoxy) is 1. The molecule has 3 aromatic rings. The third-order valence-corrected chi connectivity index (χ3v) is 4.10. The van der Waals surface area contributed by atoms with Crippen molar-refractivity contribution in [2.45, 2.75) is 0 Å². The van der Waals surface area contributed by atoms with E-state index in [2.05, 4.69) is 15.6 Å². The largest absolute Gasteiger partial charge is 0.497 e. The fourth-order valence-corrected chi connectivity index (χ4v) is 2.68. The Labute approximate surface area is 160 Å². The van der Waals surface area contributed by atoms with Crippen LogP contribution in [0, 0.1) is 0 Å². The number of nitrogens with zero attached hydrogens (tertiary/aromatic N) is 1. The molecule has 0 aliphatic heterocycles. The topological polar surface area (TPSA) is 63.2 Å². The van der Waals surface area contributed by atoms with Crippen LogP contribution in [0.1, 0.15) is 10.5 Å². The minimum Gasteiger partial charge on any atom is -0.497 e. The van der Waals surface area contributed by atoms with Crippen LogP contribution in [0.2, 0.25) is 10.0 Å². The normalized spacial score (nSPS) is 10.3. The number of rotatable bonds is 5. The molecule has 132 valence electrons. The molecule has 0 bridgehead atoms. The lowest BCUT2D eigenvalue weighted by molar-refractivity contribution is 0.102. The van der Waals surface area contributed by atoms with E-state index in [0.29, 0.717) is 15.7 Å². The number of carbonyl (C=O) groups excluding carboxylic acids is 1. The summed E-state index contributed by atoms with van der Waals surface area (Å²) in [5, 5.41) is 6.77. The number of halogens is 2. The Hall–Kier alpha value is -2.76. The van der Waals surface area contributed by atoms with Crippen LogP contribution in [-0.4, -0.2) is 18.0 Å². The molecule has 2 aromatic carbocycles. The summed E-state index contributed by atoms with van der Waals surface area (Å²) in [5.74, 6) is 0.423. The van der Waals surface area contributed by atoms with Gasteiger partial charge in [0.2, 0.25) is 0 Å². The van der Waals surface area contributed by atoms with Gasteiger partial charge in [-0.2, -0.15) is 0 Å². The zero-order chi connectivity index (χ0) is 18.5. The minimum absolute atomic E-state index is 0.274. The van der Waals surface area contributed by atoms with E-state index >= 15 is 0 Å². The Morgan fingerprint density at radius 1 is 1.00 bits per heavy atom. The molecule has 0 atom stereocenters. The molecule has 0 fully saturated rings. The van der Waals surface area contributed by atoms with E-state index < -0.39 is 0 Å². The third-order valence-electron chi connectivity index (χ3n) is 3.55. The summed E-state index contributed by atoms with van der Waals surface area (Å²) in [7, 11) is 1.62. The van der Waals surface area contributed by atoms with Gasteiger partial charge in [-0.25, -0.2) is 4.98 Å². The summed E-state index contributed by atoms with van der Waals surface area (Å²) in [6.07, 6.45) is 1.59. The minimum atomic E-state index is -0.356. The van der Waals surface area contributed by atoms with Gasteiger partial charge in [0.15, 0.2) is 0 Å². The Kier molecular flexibility index (Phi) is 5.61. The highest BCUT2D eigenvalue weighted by Gasteiger charge is 2.10. The number of carbonyl (C=O) groups is 1. The maximum absolute atomic E-state index is 12.3. The second-order valence-electron chi connectivity index (χ2n) is 5.36. The molecule has 0 saturated heterocycles. The first kappa shape index (κ1) is 18.0. The molecule has 1 heterocycles. The van der Waals surface area contributed by atoms with Crippen molar-refractivity contribution in [1.82, 2.24) is 4.98 Å². The zero-order valence-corrected chi connectivity index (χ0v) is 15.3. The highest BCUT2D eigenvalue weighted by molar-refractivity contribution is 6.36. The summed E-state index contributed by atoms with van der Waals surface area (Å²) in [6, 6.07) is 15.8. The molecule has 7 heteroatoms. The van der Waals surface area contributed by atoms with Gasteiger partial charge in [0.25, 0.3) is 5.91 Å². The lowest BCUT2D eigenvalue weighted by Gasteiger charge is -2.09. The number of hydrogen-bond donors (Lipinski definition) is 2. The standard InChI is InChI=1S/C19H15Cl2N3O2/c1-26-15-6-3-13(4-7-15)23-14-5-9-18(22-11-14)19(25)24-17-8-2-12(20)10-16(17)21/h2-11,23H,1H3,(H,24,25). The fourth-order valence-electron chi connectivity index (χ4n) is 2.22. The molecule has 1 amide bonds. The highest BCUT2D eigenvalue weighted by atomic mass is 35.5. The maximum atomic E-state index is 12.3. The van der Waals surface area contributed by atoms with Gasteiger partial charge in [-0.05, 0) is 54.6 Å². The van der Waals surface area contributed by atoms with Crippen LogP contribution in [0.5, 0.6) is 5.75 Å². The number of hydrogen-bond acceptors (Lipinski definition) is 4. The molecule has 0 unspecified atom stereocenters. The van der Waals surface area contributed by atoms with E-state index in [-0.39, 0.29) is 11.6 Å². The number of aromatic nitrogens is 1. The fraction of sp³-hybridized carbons (Fsp3) is 0.0526. The number of benzene rings is 2. The van der Waals surface area contributed by atoms with E-state index in [0.717, 1.165) is 17.1 Å². The van der Waals surface area contributed by atoms with Crippen molar-refractivity contribution in [3.63, 3.8) is 0 Å². The molecule has 1 aromatic heterocycles. The number of methoxy groups -OCH3 is 1. The summed E-state index contributed by atoms with van der Waals surface area (Å²) < 4.78 is 5.12. The van der Waals surface area contributed by atoms with Crippen LogP contribution < -0.4 is 15.4 Å². The molecule has 0 spiro atoms. The summed E-state index contributed by atoms with van der Waals surface area (Å²) >= 11 is 11.9. The molecule has 5 nitrogen and oxygen atoms in total. The van der Waals surface area contributed by atoms with Gasteiger partial charge in [0.1, 0.15) is 11.4 Å². The number of nitrogens with one attached hydrogen (secondary N) is 2. The predicted molar refractivity (Wildman–Crippen MR) is 105 cm³/mol. The van der Waals surface area contributed by atoms with E-state index in [1.807, 2.05) is 24.3 Å². The van der Waals surface area contributed by atoms with Crippen molar-refractivity contribution in [2.24, 2.45) is 0 Å². The average Bonchev–Trinajstić information content (AvgIpc) is 2.65. The molecule has 26 heavy (non-hydrogen) atoms. The van der Waals surface area contributed by atoms with Crippen molar-refractivity contribution in [3.8, 4) is 5.75 Å². The Morgan fingerprint density at radius 3 is 2.35 bits per heavy atom. The molecule has 3 rings (SSSR count). The van der Waals surface area contributed by atoms with Crippen molar-refractivity contribution < 1.29 is 9.53 Å². The van der Waals surface area contributed by atoms with Crippen LogP contribution in [-0.2, 0) is 0 Å². The molecule has 0 radical (unpaired) electrons. The molecular formula is C19H15Cl2N3O2. The Balaban J connectivity index is 1.67. The first-order valence-electron chi connectivity index (χ1n) is 7.69. The molecule has 0 saturated carbocycles. The van der Waals surface area contributed by atoms with Crippen LogP contribution in [0.25, 0.3) is 0 Å². The first-order chi connectivity index (χ1) is 12.5. The van der Waals surface area contributed by atoms with E-state index in [4.69, 9.17) is 27.9 Å². The van der Waals surface area contributed by atoms with Gasteiger partial charge in [0.05, 0.1) is 29.7 Å². The van der Waals surface area contributed by atoms with Crippen LogP contribution >= 0.6 is 23.2 Å². The summed E-state index contributed by atoms with van der Waals surface area (Å²) in [6.45, 7) is 0. The average molecular weight is 388 g/mol. The summed E-state index contributed by atoms with van der Waals surface area (Å²) in [4.78, 5) is 16.5. The van der Waals surface area contributed by atoms with Crippen molar-refractivity contribution >= 4 is 46.2 Å². The van der Waals surface area contributed by atoms with Gasteiger partial charge in [0, 0.05) is 10.7 Å². The van der Waals surface area contributed by atoms with E-state index in [9.17, 15) is 4.79 Å². The third kappa shape index (κ3) is 4.45. The van der Waals surface area contributed by atoms with Gasteiger partial charge >= 0.3 is 0 Å². The smallest absolute Gasteiger partial charge is 0.274 e. The number of anilines is 3. The zero-order valence-electron chi connectivity index (χ0n) is 13.8. The SMILES string of the molecule is COc1ccc(Nc2ccc(C(=O)Nc3ccc(Cl)cc3Cl)nc2)cc1. The van der Waals surface area contributed by atoms with Crippen molar-refractivity contribution in [3.05, 3.63) is 76.5 Å². The summed E-state index contributed by atoms with van der Waals surface area (Å²) in [5.41, 5.74) is 2.40. The lowest BCUT2D eigenvalue weighted by Crippen LogP contribution is -2.13. The molecule has 0 aliphatic carbocycles.